The molecular weight excluding hydrogens is 438 g/mol. The van der Waals surface area contributed by atoms with E-state index in [-0.39, 0.29) is 23.3 Å². The van der Waals surface area contributed by atoms with Crippen molar-refractivity contribution in [2.45, 2.75) is 36.9 Å². The molecule has 5 rings (SSSR count). The minimum Gasteiger partial charge on any atom is -0.344 e. The van der Waals surface area contributed by atoms with E-state index >= 15 is 0 Å². The number of H-pyrrole nitrogens is 1. The van der Waals surface area contributed by atoms with Crippen LogP contribution in [-0.4, -0.2) is 21.6 Å². The van der Waals surface area contributed by atoms with Gasteiger partial charge in [-0.1, -0.05) is 72.4 Å². The first-order valence-electron chi connectivity index (χ1n) is 10.8. The highest BCUT2D eigenvalue weighted by atomic mass is 32.2. The van der Waals surface area contributed by atoms with Crippen LogP contribution in [0.2, 0.25) is 0 Å². The lowest BCUT2D eigenvalue weighted by atomic mass is 9.97. The zero-order valence-electron chi connectivity index (χ0n) is 17.5. The summed E-state index contributed by atoms with van der Waals surface area (Å²) < 4.78 is 0. The van der Waals surface area contributed by atoms with E-state index in [4.69, 9.17) is 0 Å². The van der Waals surface area contributed by atoms with Gasteiger partial charge in [0.1, 0.15) is 4.83 Å². The maximum Gasteiger partial charge on any atom is 0.260 e. The molecule has 32 heavy (non-hydrogen) atoms. The number of thioether (sulfide) groups is 1. The molecule has 0 saturated carbocycles. The molecule has 1 aliphatic rings. The molecule has 2 N–H and O–H groups in total. The van der Waals surface area contributed by atoms with Crippen LogP contribution in [0.1, 0.15) is 40.5 Å². The van der Waals surface area contributed by atoms with Crippen LogP contribution in [0.3, 0.4) is 0 Å². The smallest absolute Gasteiger partial charge is 0.260 e. The van der Waals surface area contributed by atoms with Crippen molar-refractivity contribution >= 4 is 39.2 Å². The summed E-state index contributed by atoms with van der Waals surface area (Å²) in [6, 6.07) is 19.6. The molecule has 0 saturated heterocycles. The minimum absolute atomic E-state index is 0.0937. The summed E-state index contributed by atoms with van der Waals surface area (Å²) in [5, 5.41) is 4.37. The van der Waals surface area contributed by atoms with Crippen LogP contribution in [0.25, 0.3) is 10.2 Å². The van der Waals surface area contributed by atoms with Gasteiger partial charge in [0.15, 0.2) is 5.16 Å². The Kier molecular flexibility index (Phi) is 6.10. The molecule has 7 heteroatoms. The number of rotatable bonds is 6. The summed E-state index contributed by atoms with van der Waals surface area (Å²) in [6.07, 6.45) is 4.28. The Morgan fingerprint density at radius 2 is 1.69 bits per heavy atom. The number of carbonyl (C=O) groups is 1. The third kappa shape index (κ3) is 4.36. The predicted octanol–water partition coefficient (Wildman–Crippen LogP) is 4.86. The number of amides is 1. The monoisotopic (exact) mass is 461 g/mol. The summed E-state index contributed by atoms with van der Waals surface area (Å²) in [5.41, 5.74) is 3.12. The Morgan fingerprint density at radius 1 is 1.03 bits per heavy atom. The minimum atomic E-state index is -0.232. The molecule has 2 aromatic heterocycles. The van der Waals surface area contributed by atoms with Crippen molar-refractivity contribution in [3.05, 3.63) is 92.6 Å². The number of aryl methyl sites for hydroxylation is 2. The van der Waals surface area contributed by atoms with Gasteiger partial charge < -0.3 is 10.3 Å². The molecule has 0 unspecified atom stereocenters. The molecule has 0 atom stereocenters. The first kappa shape index (κ1) is 21.0. The van der Waals surface area contributed by atoms with Gasteiger partial charge in [0.05, 0.1) is 17.2 Å². The molecule has 162 valence electrons. The van der Waals surface area contributed by atoms with E-state index in [1.165, 1.54) is 28.6 Å². The first-order valence-corrected chi connectivity index (χ1v) is 12.6. The maximum absolute atomic E-state index is 12.8. The Hall–Kier alpha value is -2.90. The molecule has 0 spiro atoms. The molecule has 2 aromatic carbocycles. The van der Waals surface area contributed by atoms with Crippen LogP contribution in [0, 0.1) is 0 Å². The van der Waals surface area contributed by atoms with E-state index in [1.54, 1.807) is 11.3 Å². The van der Waals surface area contributed by atoms with Gasteiger partial charge in [-0.05, 0) is 42.4 Å². The quantitative estimate of drug-likeness (QED) is 0.318. The summed E-state index contributed by atoms with van der Waals surface area (Å²) >= 11 is 2.89. The van der Waals surface area contributed by atoms with Crippen LogP contribution in [0.5, 0.6) is 0 Å². The molecular formula is C25H23N3O2S2. The predicted molar refractivity (Wildman–Crippen MR) is 130 cm³/mol. The van der Waals surface area contributed by atoms with Crippen molar-refractivity contribution < 1.29 is 4.79 Å². The van der Waals surface area contributed by atoms with Crippen molar-refractivity contribution in [3.63, 3.8) is 0 Å². The normalized spacial score (nSPS) is 13.3. The highest BCUT2D eigenvalue weighted by molar-refractivity contribution is 7.99. The van der Waals surface area contributed by atoms with Gasteiger partial charge in [-0.25, -0.2) is 4.98 Å². The largest absolute Gasteiger partial charge is 0.344 e. The number of nitrogens with zero attached hydrogens (tertiary/aromatic N) is 1. The Balaban J connectivity index is 1.32. The molecule has 0 fully saturated rings. The third-order valence-electron chi connectivity index (χ3n) is 5.71. The van der Waals surface area contributed by atoms with Crippen LogP contribution < -0.4 is 10.9 Å². The van der Waals surface area contributed by atoms with Crippen molar-refractivity contribution in [3.8, 4) is 0 Å². The van der Waals surface area contributed by atoms with Crippen LogP contribution in [0.4, 0.5) is 0 Å². The number of nitrogens with one attached hydrogen (secondary N) is 2. The number of thiophene rings is 1. The van der Waals surface area contributed by atoms with Gasteiger partial charge in [-0.2, -0.15) is 0 Å². The van der Waals surface area contributed by atoms with Gasteiger partial charge >= 0.3 is 0 Å². The van der Waals surface area contributed by atoms with E-state index in [2.05, 4.69) is 15.3 Å². The van der Waals surface area contributed by atoms with E-state index < -0.39 is 0 Å². The van der Waals surface area contributed by atoms with Crippen molar-refractivity contribution in [1.29, 1.82) is 0 Å². The second kappa shape index (κ2) is 9.30. The zero-order valence-corrected chi connectivity index (χ0v) is 19.1. The fraction of sp³-hybridized carbons (Fsp3) is 0.240. The molecule has 1 aliphatic carbocycles. The van der Waals surface area contributed by atoms with Crippen LogP contribution >= 0.6 is 23.1 Å². The van der Waals surface area contributed by atoms with Crippen molar-refractivity contribution in [2.24, 2.45) is 0 Å². The first-order chi connectivity index (χ1) is 15.7. The second-order valence-electron chi connectivity index (χ2n) is 7.87. The van der Waals surface area contributed by atoms with E-state index in [1.807, 2.05) is 60.7 Å². The highest BCUT2D eigenvalue weighted by Crippen LogP contribution is 2.34. The third-order valence-corrected chi connectivity index (χ3v) is 7.77. The average Bonchev–Trinajstić information content (AvgIpc) is 3.21. The van der Waals surface area contributed by atoms with Gasteiger partial charge in [0, 0.05) is 4.88 Å². The van der Waals surface area contributed by atoms with Crippen LogP contribution in [-0.2, 0) is 17.6 Å². The average molecular weight is 462 g/mol. The zero-order chi connectivity index (χ0) is 21.9. The summed E-state index contributed by atoms with van der Waals surface area (Å²) in [4.78, 5) is 35.2. The SMILES string of the molecule is O=C(CSc1nc2sc3c(c2c(=O)[nH]1)CCCC3)NC(c1ccccc1)c1ccccc1. The van der Waals surface area contributed by atoms with Gasteiger partial charge in [-0.15, -0.1) is 11.3 Å². The highest BCUT2D eigenvalue weighted by Gasteiger charge is 2.21. The number of fused-ring (bicyclic) bond motifs is 3. The number of hydrogen-bond donors (Lipinski definition) is 2. The lowest BCUT2D eigenvalue weighted by Gasteiger charge is -2.19. The fourth-order valence-electron chi connectivity index (χ4n) is 4.20. The molecule has 5 nitrogen and oxygen atoms in total. The topological polar surface area (TPSA) is 74.8 Å². The molecule has 0 bridgehead atoms. The van der Waals surface area contributed by atoms with Crippen molar-refractivity contribution in [2.75, 3.05) is 5.75 Å². The van der Waals surface area contributed by atoms with Crippen molar-refractivity contribution in [1.82, 2.24) is 15.3 Å². The Bertz CT molecular complexity index is 1260. The van der Waals surface area contributed by atoms with E-state index in [0.29, 0.717) is 5.16 Å². The second-order valence-corrected chi connectivity index (χ2v) is 9.92. The molecule has 0 aliphatic heterocycles. The van der Waals surface area contributed by atoms with Crippen LogP contribution in [0.15, 0.2) is 70.6 Å². The number of hydrogen-bond acceptors (Lipinski definition) is 5. The van der Waals surface area contributed by atoms with Gasteiger partial charge in [0.2, 0.25) is 5.91 Å². The standard InChI is InChI=1S/C25H23N3O2S2/c29-20(26-22(16-9-3-1-4-10-16)17-11-5-2-6-12-17)15-31-25-27-23(30)21-18-13-7-8-14-19(18)32-24(21)28-25/h1-6,9-12,22H,7-8,13-15H2,(H,26,29)(H,27,28,30). The number of carbonyl (C=O) groups excluding carboxylic acids is 1. The number of benzene rings is 2. The van der Waals surface area contributed by atoms with Gasteiger partial charge in [-0.3, -0.25) is 9.59 Å². The van der Waals surface area contributed by atoms with E-state index in [9.17, 15) is 9.59 Å². The summed E-state index contributed by atoms with van der Waals surface area (Å²) in [6.45, 7) is 0. The number of aromatic amines is 1. The molecule has 1 amide bonds. The lowest BCUT2D eigenvalue weighted by Crippen LogP contribution is -2.30. The molecule has 2 heterocycles. The van der Waals surface area contributed by atoms with Gasteiger partial charge in [0.25, 0.3) is 5.56 Å². The summed E-state index contributed by atoms with van der Waals surface area (Å²) in [7, 11) is 0. The molecule has 0 radical (unpaired) electrons. The lowest BCUT2D eigenvalue weighted by molar-refractivity contribution is -0.119. The molecule has 4 aromatic rings. The Labute approximate surface area is 194 Å². The summed E-state index contributed by atoms with van der Waals surface area (Å²) in [5.74, 6) is 0.0660. The van der Waals surface area contributed by atoms with E-state index in [0.717, 1.165) is 40.6 Å². The maximum atomic E-state index is 12.8. The fourth-order valence-corrected chi connectivity index (χ4v) is 6.19. The number of aromatic nitrogens is 2. The Morgan fingerprint density at radius 3 is 2.38 bits per heavy atom.